The number of aryl methyl sites for hydroxylation is 1. The normalized spacial score (nSPS) is 25.9. The molecule has 158 valence electrons. The minimum Gasteiger partial charge on any atom is -0.423 e. The molecule has 0 aliphatic heterocycles. The van der Waals surface area contributed by atoms with Gasteiger partial charge in [-0.05, 0) is 105 Å². The second-order valence-electron chi connectivity index (χ2n) is 9.40. The summed E-state index contributed by atoms with van der Waals surface area (Å²) in [6, 6.07) is 15.7. The van der Waals surface area contributed by atoms with Gasteiger partial charge in [0.2, 0.25) is 0 Å². The summed E-state index contributed by atoms with van der Waals surface area (Å²) in [4.78, 5) is 12.5. The zero-order valence-electron chi connectivity index (χ0n) is 18.2. The lowest BCUT2D eigenvalue weighted by Gasteiger charge is -2.42. The van der Waals surface area contributed by atoms with Crippen LogP contribution in [0.25, 0.3) is 0 Å². The maximum Gasteiger partial charge on any atom is 0.343 e. The Kier molecular flexibility index (Phi) is 6.72. The first kappa shape index (κ1) is 20.9. The van der Waals surface area contributed by atoms with Gasteiger partial charge in [-0.3, -0.25) is 0 Å². The standard InChI is InChI=1S/C28H34O2/c1-3-4-5-21-8-9-26-19-25(15-14-24(26)18-21)22-10-12-23(13-11-22)28(29)30-27-16-6-20(2)7-17-27/h3,6-7,10-13,16-17,21,24-26H,1,4-5,8-9,14-15,18-19H2,2H3. The average molecular weight is 403 g/mol. The monoisotopic (exact) mass is 402 g/mol. The SMILES string of the molecule is C=CCCC1CCC2CC(c3ccc(C(=O)Oc4ccc(C)cc4)cc3)CCC2C1. The molecule has 0 spiro atoms. The molecule has 2 aliphatic carbocycles. The molecule has 0 N–H and O–H groups in total. The number of hydrogen-bond acceptors (Lipinski definition) is 2. The number of carbonyl (C=O) groups is 1. The molecule has 2 saturated carbocycles. The molecule has 2 aromatic rings. The molecule has 2 heteroatoms. The van der Waals surface area contributed by atoms with E-state index in [0.29, 0.717) is 17.2 Å². The fourth-order valence-corrected chi connectivity index (χ4v) is 5.57. The Morgan fingerprint density at radius 2 is 1.67 bits per heavy atom. The zero-order valence-corrected chi connectivity index (χ0v) is 18.2. The molecule has 0 heterocycles. The molecule has 30 heavy (non-hydrogen) atoms. The van der Waals surface area contributed by atoms with E-state index in [2.05, 4.69) is 24.8 Å². The number of benzene rings is 2. The van der Waals surface area contributed by atoms with Crippen LogP contribution in [0, 0.1) is 24.7 Å². The maximum absolute atomic E-state index is 12.5. The van der Waals surface area contributed by atoms with Gasteiger partial charge in [0.1, 0.15) is 5.75 Å². The van der Waals surface area contributed by atoms with Gasteiger partial charge >= 0.3 is 5.97 Å². The minimum absolute atomic E-state index is 0.285. The Morgan fingerprint density at radius 1 is 0.967 bits per heavy atom. The minimum atomic E-state index is -0.285. The van der Waals surface area contributed by atoms with E-state index in [0.717, 1.165) is 23.3 Å². The predicted octanol–water partition coefficient (Wildman–Crippen LogP) is 7.48. The fourth-order valence-electron chi connectivity index (χ4n) is 5.57. The van der Waals surface area contributed by atoms with Gasteiger partial charge in [0.05, 0.1) is 5.56 Å². The average Bonchev–Trinajstić information content (AvgIpc) is 2.79. The van der Waals surface area contributed by atoms with Crippen molar-refractivity contribution in [2.45, 2.75) is 64.2 Å². The summed E-state index contributed by atoms with van der Waals surface area (Å²) in [6.45, 7) is 5.90. The summed E-state index contributed by atoms with van der Waals surface area (Å²) in [5, 5.41) is 0. The maximum atomic E-state index is 12.5. The molecule has 2 aliphatic rings. The summed E-state index contributed by atoms with van der Waals surface area (Å²) in [5.41, 5.74) is 3.16. The Labute approximate surface area is 181 Å². The van der Waals surface area contributed by atoms with Gasteiger partial charge in [-0.1, -0.05) is 42.3 Å². The van der Waals surface area contributed by atoms with Crippen molar-refractivity contribution in [1.29, 1.82) is 0 Å². The molecule has 2 fully saturated rings. The van der Waals surface area contributed by atoms with Gasteiger partial charge < -0.3 is 4.74 Å². The number of ether oxygens (including phenoxy) is 1. The van der Waals surface area contributed by atoms with Gasteiger partial charge in [-0.25, -0.2) is 4.79 Å². The van der Waals surface area contributed by atoms with Crippen LogP contribution in [0.3, 0.4) is 0 Å². The second kappa shape index (κ2) is 9.64. The molecule has 4 unspecified atom stereocenters. The topological polar surface area (TPSA) is 26.3 Å². The van der Waals surface area contributed by atoms with Crippen molar-refractivity contribution in [2.75, 3.05) is 0 Å². The van der Waals surface area contributed by atoms with E-state index >= 15 is 0 Å². The third kappa shape index (κ3) is 5.03. The lowest BCUT2D eigenvalue weighted by atomic mass is 9.63. The summed E-state index contributed by atoms with van der Waals surface area (Å²) >= 11 is 0. The van der Waals surface area contributed by atoms with Crippen LogP contribution in [0.15, 0.2) is 61.2 Å². The molecule has 4 atom stereocenters. The van der Waals surface area contributed by atoms with Crippen LogP contribution in [-0.4, -0.2) is 5.97 Å². The summed E-state index contributed by atoms with van der Waals surface area (Å²) < 4.78 is 5.50. The van der Waals surface area contributed by atoms with Crippen molar-refractivity contribution >= 4 is 5.97 Å². The summed E-state index contributed by atoms with van der Waals surface area (Å²) in [6.07, 6.45) is 12.7. The number of hydrogen-bond donors (Lipinski definition) is 0. The predicted molar refractivity (Wildman–Crippen MR) is 123 cm³/mol. The zero-order chi connectivity index (χ0) is 20.9. The van der Waals surface area contributed by atoms with Crippen molar-refractivity contribution in [3.63, 3.8) is 0 Å². The Morgan fingerprint density at radius 3 is 2.40 bits per heavy atom. The first-order chi connectivity index (χ1) is 14.6. The van der Waals surface area contributed by atoms with Gasteiger partial charge in [-0.2, -0.15) is 0 Å². The number of allylic oxidation sites excluding steroid dienone is 1. The number of esters is 1. The van der Waals surface area contributed by atoms with E-state index in [4.69, 9.17) is 4.74 Å². The first-order valence-corrected chi connectivity index (χ1v) is 11.6. The highest BCUT2D eigenvalue weighted by Gasteiger charge is 2.35. The number of rotatable bonds is 6. The molecule has 2 nitrogen and oxygen atoms in total. The molecule has 2 aromatic carbocycles. The van der Waals surface area contributed by atoms with E-state index in [1.165, 1.54) is 56.9 Å². The van der Waals surface area contributed by atoms with E-state index in [1.807, 2.05) is 43.3 Å². The highest BCUT2D eigenvalue weighted by Crippen LogP contribution is 2.48. The summed E-state index contributed by atoms with van der Waals surface area (Å²) in [7, 11) is 0. The van der Waals surface area contributed by atoms with Crippen LogP contribution in [0.5, 0.6) is 5.75 Å². The van der Waals surface area contributed by atoms with Crippen LogP contribution >= 0.6 is 0 Å². The molecule has 0 aromatic heterocycles. The smallest absolute Gasteiger partial charge is 0.343 e. The van der Waals surface area contributed by atoms with E-state index < -0.39 is 0 Å². The third-order valence-electron chi connectivity index (χ3n) is 7.35. The van der Waals surface area contributed by atoms with Crippen molar-refractivity contribution < 1.29 is 9.53 Å². The molecule has 0 amide bonds. The summed E-state index contributed by atoms with van der Waals surface area (Å²) in [5.74, 6) is 3.67. The van der Waals surface area contributed by atoms with Crippen LogP contribution in [0.2, 0.25) is 0 Å². The Balaban J connectivity index is 1.33. The van der Waals surface area contributed by atoms with Crippen molar-refractivity contribution in [3.05, 3.63) is 77.9 Å². The number of fused-ring (bicyclic) bond motifs is 1. The molecule has 0 saturated heterocycles. The molecule has 0 bridgehead atoms. The van der Waals surface area contributed by atoms with Gasteiger partial charge in [0, 0.05) is 0 Å². The van der Waals surface area contributed by atoms with E-state index in [1.54, 1.807) is 0 Å². The van der Waals surface area contributed by atoms with Gasteiger partial charge in [0.15, 0.2) is 0 Å². The molecule has 0 radical (unpaired) electrons. The van der Waals surface area contributed by atoms with Crippen LogP contribution in [0.4, 0.5) is 0 Å². The van der Waals surface area contributed by atoms with Crippen molar-refractivity contribution in [3.8, 4) is 5.75 Å². The lowest BCUT2D eigenvalue weighted by Crippen LogP contribution is -2.30. The van der Waals surface area contributed by atoms with Crippen LogP contribution in [-0.2, 0) is 0 Å². The van der Waals surface area contributed by atoms with Gasteiger partial charge in [0.25, 0.3) is 0 Å². The third-order valence-corrected chi connectivity index (χ3v) is 7.35. The van der Waals surface area contributed by atoms with E-state index in [-0.39, 0.29) is 5.97 Å². The molecule has 4 rings (SSSR count). The van der Waals surface area contributed by atoms with Crippen LogP contribution < -0.4 is 4.74 Å². The largest absolute Gasteiger partial charge is 0.423 e. The lowest BCUT2D eigenvalue weighted by molar-refractivity contribution is 0.0734. The van der Waals surface area contributed by atoms with Gasteiger partial charge in [-0.15, -0.1) is 6.58 Å². The molecular formula is C28H34O2. The Bertz CT molecular complexity index is 849. The quantitative estimate of drug-likeness (QED) is 0.284. The highest BCUT2D eigenvalue weighted by atomic mass is 16.5. The van der Waals surface area contributed by atoms with Crippen molar-refractivity contribution in [2.24, 2.45) is 17.8 Å². The van der Waals surface area contributed by atoms with Crippen LogP contribution in [0.1, 0.15) is 78.8 Å². The molecular weight excluding hydrogens is 368 g/mol. The highest BCUT2D eigenvalue weighted by molar-refractivity contribution is 5.91. The number of carbonyl (C=O) groups excluding carboxylic acids is 1. The van der Waals surface area contributed by atoms with E-state index in [9.17, 15) is 4.79 Å². The van der Waals surface area contributed by atoms with Crippen molar-refractivity contribution in [1.82, 2.24) is 0 Å². The first-order valence-electron chi connectivity index (χ1n) is 11.6. The Hall–Kier alpha value is -2.35. The fraction of sp³-hybridized carbons (Fsp3) is 0.464. The second-order valence-corrected chi connectivity index (χ2v) is 9.40.